The first-order valence-corrected chi connectivity index (χ1v) is 5.54. The summed E-state index contributed by atoms with van der Waals surface area (Å²) in [4.78, 5) is 7.79. The van der Waals surface area contributed by atoms with Crippen LogP contribution in [-0.4, -0.2) is 60.3 Å². The van der Waals surface area contributed by atoms with Crippen LogP contribution in [0, 0.1) is 5.95 Å². The Kier molecular flexibility index (Phi) is 3.61. The number of rotatable bonds is 2. The van der Waals surface area contributed by atoms with Crippen molar-refractivity contribution in [1.82, 2.24) is 9.88 Å². The topological polar surface area (TPSA) is 59.8 Å². The predicted octanol–water partition coefficient (Wildman–Crippen LogP) is -1.35. The minimum atomic E-state index is -1.63. The Morgan fingerprint density at radius 3 is 2.47 bits per heavy atom. The van der Waals surface area contributed by atoms with Crippen LogP contribution in [0.2, 0.25) is 0 Å². The molecule has 1 aromatic rings. The molecule has 1 saturated heterocycles. The van der Waals surface area contributed by atoms with Gasteiger partial charge in [0.1, 0.15) is 5.82 Å². The van der Waals surface area contributed by atoms with Gasteiger partial charge in [-0.3, -0.25) is 0 Å². The Morgan fingerprint density at radius 1 is 1.24 bits per heavy atom. The number of halogens is 1. The molecular formula is C10H15BFN3O2. The van der Waals surface area contributed by atoms with Gasteiger partial charge in [-0.05, 0) is 13.1 Å². The second-order valence-corrected chi connectivity index (χ2v) is 4.21. The lowest BCUT2D eigenvalue weighted by atomic mass is 9.80. The molecule has 0 aromatic carbocycles. The molecule has 0 aliphatic carbocycles. The number of aromatic nitrogens is 1. The number of likely N-dealkylation sites (N-methyl/N-ethyl adjacent to an activating group) is 1. The Bertz CT molecular complexity index is 397. The first kappa shape index (κ1) is 12.3. The quantitative estimate of drug-likeness (QED) is 0.493. The second-order valence-electron chi connectivity index (χ2n) is 4.21. The molecule has 0 bridgehead atoms. The molecule has 0 atom stereocenters. The van der Waals surface area contributed by atoms with Gasteiger partial charge in [0.15, 0.2) is 0 Å². The van der Waals surface area contributed by atoms with Gasteiger partial charge in [-0.15, -0.1) is 0 Å². The smallest absolute Gasteiger partial charge is 0.423 e. The van der Waals surface area contributed by atoms with Crippen molar-refractivity contribution >= 4 is 18.4 Å². The summed E-state index contributed by atoms with van der Waals surface area (Å²) < 4.78 is 13.1. The lowest BCUT2D eigenvalue weighted by Gasteiger charge is -2.34. The maximum absolute atomic E-state index is 13.1. The van der Waals surface area contributed by atoms with Gasteiger partial charge in [0.05, 0.1) is 0 Å². The largest absolute Gasteiger partial charge is 0.492 e. The van der Waals surface area contributed by atoms with Crippen LogP contribution >= 0.6 is 0 Å². The van der Waals surface area contributed by atoms with E-state index in [4.69, 9.17) is 0 Å². The van der Waals surface area contributed by atoms with Crippen molar-refractivity contribution in [2.75, 3.05) is 38.1 Å². The lowest BCUT2D eigenvalue weighted by Crippen LogP contribution is -2.48. The summed E-state index contributed by atoms with van der Waals surface area (Å²) in [6.45, 7) is 3.09. The SMILES string of the molecule is CN1CCN(c2nc(F)ccc2B(O)O)CC1. The van der Waals surface area contributed by atoms with Gasteiger partial charge in [0, 0.05) is 31.6 Å². The molecule has 0 amide bonds. The summed E-state index contributed by atoms with van der Waals surface area (Å²) in [5.41, 5.74) is 0.246. The van der Waals surface area contributed by atoms with Crippen LogP contribution in [0.4, 0.5) is 10.2 Å². The molecule has 1 fully saturated rings. The fourth-order valence-electron chi connectivity index (χ4n) is 1.91. The fraction of sp³-hybridized carbons (Fsp3) is 0.500. The van der Waals surface area contributed by atoms with Gasteiger partial charge in [0.25, 0.3) is 0 Å². The molecule has 0 unspecified atom stereocenters. The highest BCUT2D eigenvalue weighted by Gasteiger charge is 2.24. The molecule has 1 aliphatic rings. The van der Waals surface area contributed by atoms with Crippen LogP contribution in [0.3, 0.4) is 0 Å². The maximum Gasteiger partial charge on any atom is 0.492 e. The van der Waals surface area contributed by atoms with Gasteiger partial charge in [-0.1, -0.05) is 6.07 Å². The van der Waals surface area contributed by atoms with Gasteiger partial charge in [0.2, 0.25) is 5.95 Å². The summed E-state index contributed by atoms with van der Waals surface area (Å²) in [6, 6.07) is 2.50. The van der Waals surface area contributed by atoms with E-state index < -0.39 is 13.1 Å². The molecule has 2 heterocycles. The third-order valence-electron chi connectivity index (χ3n) is 2.95. The first-order chi connectivity index (χ1) is 8.08. The van der Waals surface area contributed by atoms with E-state index in [1.165, 1.54) is 6.07 Å². The Hall–Kier alpha value is -1.18. The third kappa shape index (κ3) is 2.74. The number of anilines is 1. The minimum Gasteiger partial charge on any atom is -0.423 e. The molecular weight excluding hydrogens is 224 g/mol. The zero-order chi connectivity index (χ0) is 12.4. The number of hydrogen-bond donors (Lipinski definition) is 2. The number of pyridine rings is 1. The molecule has 0 radical (unpaired) electrons. The molecule has 2 rings (SSSR count). The zero-order valence-corrected chi connectivity index (χ0v) is 9.67. The van der Waals surface area contributed by atoms with Gasteiger partial charge in [-0.2, -0.15) is 4.39 Å². The van der Waals surface area contributed by atoms with Gasteiger partial charge in [-0.25, -0.2) is 4.98 Å². The summed E-state index contributed by atoms with van der Waals surface area (Å²) >= 11 is 0. The van der Waals surface area contributed by atoms with Crippen molar-refractivity contribution in [2.45, 2.75) is 0 Å². The van der Waals surface area contributed by atoms with E-state index in [2.05, 4.69) is 9.88 Å². The maximum atomic E-state index is 13.1. The molecule has 2 N–H and O–H groups in total. The van der Waals surface area contributed by atoms with E-state index in [0.29, 0.717) is 18.9 Å². The van der Waals surface area contributed by atoms with Crippen LogP contribution in [-0.2, 0) is 0 Å². The Balaban J connectivity index is 2.26. The number of nitrogens with zero attached hydrogens (tertiary/aromatic N) is 3. The first-order valence-electron chi connectivity index (χ1n) is 5.54. The lowest BCUT2D eigenvalue weighted by molar-refractivity contribution is 0.311. The van der Waals surface area contributed by atoms with Crippen LogP contribution in [0.1, 0.15) is 0 Å². The highest BCUT2D eigenvalue weighted by Crippen LogP contribution is 2.12. The third-order valence-corrected chi connectivity index (χ3v) is 2.95. The normalized spacial score (nSPS) is 17.3. The Morgan fingerprint density at radius 2 is 1.88 bits per heavy atom. The average Bonchev–Trinajstić information content (AvgIpc) is 2.29. The molecule has 0 spiro atoms. The Labute approximate surface area is 99.6 Å². The van der Waals surface area contributed by atoms with Crippen LogP contribution in [0.15, 0.2) is 12.1 Å². The zero-order valence-electron chi connectivity index (χ0n) is 9.67. The van der Waals surface area contributed by atoms with Crippen LogP contribution in [0.25, 0.3) is 0 Å². The van der Waals surface area contributed by atoms with Crippen molar-refractivity contribution in [3.05, 3.63) is 18.1 Å². The average molecular weight is 239 g/mol. The molecule has 5 nitrogen and oxygen atoms in total. The summed E-state index contributed by atoms with van der Waals surface area (Å²) in [7, 11) is 0.385. The summed E-state index contributed by atoms with van der Waals surface area (Å²) in [6.07, 6.45) is 0. The minimum absolute atomic E-state index is 0.246. The van der Waals surface area contributed by atoms with E-state index in [9.17, 15) is 14.4 Å². The fourth-order valence-corrected chi connectivity index (χ4v) is 1.91. The van der Waals surface area contributed by atoms with Crippen LogP contribution < -0.4 is 10.4 Å². The van der Waals surface area contributed by atoms with Crippen molar-refractivity contribution in [2.24, 2.45) is 0 Å². The van der Waals surface area contributed by atoms with Crippen molar-refractivity contribution in [1.29, 1.82) is 0 Å². The predicted molar refractivity (Wildman–Crippen MR) is 63.7 cm³/mol. The molecule has 1 aromatic heterocycles. The van der Waals surface area contributed by atoms with E-state index in [1.54, 1.807) is 0 Å². The monoisotopic (exact) mass is 239 g/mol. The second kappa shape index (κ2) is 4.99. The molecule has 1 aliphatic heterocycles. The van der Waals surface area contributed by atoms with Crippen molar-refractivity contribution in [3.63, 3.8) is 0 Å². The van der Waals surface area contributed by atoms with Crippen molar-refractivity contribution < 1.29 is 14.4 Å². The molecule has 92 valence electrons. The van der Waals surface area contributed by atoms with Gasteiger partial charge >= 0.3 is 7.12 Å². The van der Waals surface area contributed by atoms with E-state index in [-0.39, 0.29) is 5.46 Å². The molecule has 7 heteroatoms. The molecule has 17 heavy (non-hydrogen) atoms. The highest BCUT2D eigenvalue weighted by molar-refractivity contribution is 6.60. The summed E-state index contributed by atoms with van der Waals surface area (Å²) in [5.74, 6) is -0.281. The van der Waals surface area contributed by atoms with E-state index in [0.717, 1.165) is 19.2 Å². The van der Waals surface area contributed by atoms with Crippen LogP contribution in [0.5, 0.6) is 0 Å². The van der Waals surface area contributed by atoms with E-state index in [1.807, 2.05) is 11.9 Å². The van der Waals surface area contributed by atoms with Crippen molar-refractivity contribution in [3.8, 4) is 0 Å². The highest BCUT2D eigenvalue weighted by atomic mass is 19.1. The summed E-state index contributed by atoms with van der Waals surface area (Å²) in [5, 5.41) is 18.5. The standard InChI is InChI=1S/C10H15BFN3O2/c1-14-4-6-15(7-5-14)10-8(11(16)17)2-3-9(12)13-10/h2-3,16-17H,4-7H2,1H3. The number of hydrogen-bond acceptors (Lipinski definition) is 5. The number of piperazine rings is 1. The van der Waals surface area contributed by atoms with E-state index >= 15 is 0 Å². The van der Waals surface area contributed by atoms with Gasteiger partial charge < -0.3 is 19.8 Å². The molecule has 0 saturated carbocycles.